The van der Waals surface area contributed by atoms with Crippen LogP contribution in [0.2, 0.25) is 0 Å². The van der Waals surface area contributed by atoms with Crippen LogP contribution in [-0.2, 0) is 13.2 Å². The monoisotopic (exact) mass is 404 g/mol. The summed E-state index contributed by atoms with van der Waals surface area (Å²) in [6.45, 7) is 1.28. The Hall–Kier alpha value is -3.58. The summed E-state index contributed by atoms with van der Waals surface area (Å²) >= 11 is 0. The van der Waals surface area contributed by atoms with Crippen molar-refractivity contribution in [3.63, 3.8) is 0 Å². The van der Waals surface area contributed by atoms with Crippen LogP contribution in [0, 0.1) is 0 Å². The third kappa shape index (κ3) is 4.52. The van der Waals surface area contributed by atoms with E-state index in [0.717, 1.165) is 35.2 Å². The molecule has 0 aliphatic heterocycles. The number of fused-ring (bicyclic) bond motifs is 1. The molecule has 2 heterocycles. The third-order valence-corrected chi connectivity index (χ3v) is 5.05. The van der Waals surface area contributed by atoms with Crippen molar-refractivity contribution < 1.29 is 14.6 Å². The summed E-state index contributed by atoms with van der Waals surface area (Å²) in [4.78, 5) is 15.0. The molecule has 30 heavy (non-hydrogen) atoms. The Balaban J connectivity index is 1.37. The predicted octanol–water partition coefficient (Wildman–Crippen LogP) is 3.49. The predicted molar refractivity (Wildman–Crippen MR) is 114 cm³/mol. The van der Waals surface area contributed by atoms with Gasteiger partial charge in [0.1, 0.15) is 24.3 Å². The number of aromatic nitrogens is 3. The van der Waals surface area contributed by atoms with Crippen molar-refractivity contribution in [1.29, 1.82) is 0 Å². The minimum absolute atomic E-state index is 0.147. The van der Waals surface area contributed by atoms with Gasteiger partial charge in [-0.2, -0.15) is 0 Å². The highest BCUT2D eigenvalue weighted by atomic mass is 16.5. The number of carbonyl (C=O) groups excluding carboxylic acids is 1. The molecule has 2 aromatic carbocycles. The van der Waals surface area contributed by atoms with E-state index in [1.807, 2.05) is 48.7 Å². The highest BCUT2D eigenvalue weighted by Gasteiger charge is 2.11. The number of primary amides is 1. The molecule has 0 bridgehead atoms. The van der Waals surface area contributed by atoms with Crippen molar-refractivity contribution in [2.75, 3.05) is 0 Å². The largest absolute Gasteiger partial charge is 0.489 e. The lowest BCUT2D eigenvalue weighted by molar-refractivity contribution is 0.0905. The molecule has 0 aliphatic rings. The molecule has 1 unspecified atom stereocenters. The fourth-order valence-electron chi connectivity index (χ4n) is 3.41. The molecule has 4 rings (SSSR count). The molecule has 0 aliphatic carbocycles. The zero-order valence-corrected chi connectivity index (χ0v) is 16.5. The lowest BCUT2D eigenvalue weighted by Crippen LogP contribution is -2.12. The van der Waals surface area contributed by atoms with Crippen LogP contribution < -0.4 is 10.5 Å². The average Bonchev–Trinajstić information content (AvgIpc) is 3.41. The summed E-state index contributed by atoms with van der Waals surface area (Å²) in [6, 6.07) is 18.2. The van der Waals surface area contributed by atoms with Gasteiger partial charge >= 0.3 is 0 Å². The maximum absolute atomic E-state index is 11.1. The number of nitrogens with zero attached hydrogens (tertiary/aromatic N) is 3. The molecule has 7 nitrogen and oxygen atoms in total. The first kappa shape index (κ1) is 19.7. The second-order valence-corrected chi connectivity index (χ2v) is 7.20. The number of benzene rings is 2. The molecule has 1 atom stereocenters. The molecule has 0 spiro atoms. The van der Waals surface area contributed by atoms with Gasteiger partial charge in [-0.05, 0) is 42.0 Å². The van der Waals surface area contributed by atoms with E-state index in [1.54, 1.807) is 0 Å². The van der Waals surface area contributed by atoms with Crippen LogP contribution in [0.25, 0.3) is 10.9 Å². The van der Waals surface area contributed by atoms with Gasteiger partial charge < -0.3 is 24.7 Å². The number of carbonyl (C=O) groups is 1. The minimum atomic E-state index is -0.753. The quantitative estimate of drug-likeness (QED) is 0.446. The van der Waals surface area contributed by atoms with E-state index in [4.69, 9.17) is 10.5 Å². The van der Waals surface area contributed by atoms with Gasteiger partial charge in [0.25, 0.3) is 5.91 Å². The molecule has 7 heteroatoms. The molecule has 4 aromatic rings. The van der Waals surface area contributed by atoms with Crippen molar-refractivity contribution in [3.8, 4) is 5.75 Å². The van der Waals surface area contributed by atoms with Crippen molar-refractivity contribution in [2.45, 2.75) is 32.2 Å². The molecular formula is C23H24N4O3. The SMILES string of the molecule is NC(=O)c1cn(C(O)CCCn2ccc3ccc(OCc4ccccc4)cc32)cn1. The zero-order valence-electron chi connectivity index (χ0n) is 16.5. The molecule has 0 radical (unpaired) electrons. The standard InChI is InChI=1S/C23H24N4O3/c24-23(29)20-14-27(16-25-20)22(28)7-4-11-26-12-10-18-8-9-19(13-21(18)26)30-15-17-5-2-1-3-6-17/h1-3,5-6,8-10,12-14,16,22,28H,4,7,11,15H2,(H2,24,29). The molecule has 1 amide bonds. The van der Waals surface area contributed by atoms with Crippen LogP contribution in [0.15, 0.2) is 73.3 Å². The van der Waals surface area contributed by atoms with Crippen LogP contribution in [0.5, 0.6) is 5.75 Å². The average molecular weight is 404 g/mol. The highest BCUT2D eigenvalue weighted by Crippen LogP contribution is 2.24. The van der Waals surface area contributed by atoms with Crippen LogP contribution in [0.4, 0.5) is 0 Å². The molecule has 0 fully saturated rings. The lowest BCUT2D eigenvalue weighted by Gasteiger charge is -2.13. The van der Waals surface area contributed by atoms with E-state index in [9.17, 15) is 9.90 Å². The van der Waals surface area contributed by atoms with Crippen LogP contribution in [0.1, 0.15) is 35.1 Å². The van der Waals surface area contributed by atoms with E-state index in [1.165, 1.54) is 17.1 Å². The number of amides is 1. The minimum Gasteiger partial charge on any atom is -0.489 e. The van der Waals surface area contributed by atoms with E-state index in [0.29, 0.717) is 13.0 Å². The van der Waals surface area contributed by atoms with E-state index in [2.05, 4.69) is 21.7 Å². The van der Waals surface area contributed by atoms with Crippen LogP contribution >= 0.6 is 0 Å². The second-order valence-electron chi connectivity index (χ2n) is 7.20. The number of hydrogen-bond donors (Lipinski definition) is 2. The zero-order chi connectivity index (χ0) is 20.9. The van der Waals surface area contributed by atoms with E-state index >= 15 is 0 Å². The Bertz CT molecular complexity index is 1130. The van der Waals surface area contributed by atoms with Crippen molar-refractivity contribution in [3.05, 3.63) is 84.6 Å². The number of aliphatic hydroxyl groups is 1. The molecule has 3 N–H and O–H groups in total. The number of aryl methyl sites for hydroxylation is 1. The lowest BCUT2D eigenvalue weighted by atomic mass is 10.2. The number of rotatable bonds is 9. The summed E-state index contributed by atoms with van der Waals surface area (Å²) in [5.74, 6) is 0.216. The third-order valence-electron chi connectivity index (χ3n) is 5.05. The van der Waals surface area contributed by atoms with Crippen molar-refractivity contribution >= 4 is 16.8 Å². The Morgan fingerprint density at radius 3 is 2.77 bits per heavy atom. The molecule has 0 saturated carbocycles. The second kappa shape index (κ2) is 8.84. The van der Waals surface area contributed by atoms with Crippen molar-refractivity contribution in [1.82, 2.24) is 14.1 Å². The van der Waals surface area contributed by atoms with E-state index < -0.39 is 12.1 Å². The van der Waals surface area contributed by atoms with Gasteiger partial charge in [-0.1, -0.05) is 30.3 Å². The van der Waals surface area contributed by atoms with Gasteiger partial charge in [0, 0.05) is 25.0 Å². The van der Waals surface area contributed by atoms with Crippen LogP contribution in [0.3, 0.4) is 0 Å². The van der Waals surface area contributed by atoms with Gasteiger partial charge in [0.15, 0.2) is 0 Å². The van der Waals surface area contributed by atoms with Gasteiger partial charge in [-0.3, -0.25) is 4.79 Å². The summed E-state index contributed by atoms with van der Waals surface area (Å²) in [6.07, 6.45) is 5.46. The molecule has 154 valence electrons. The molecule has 0 saturated heterocycles. The van der Waals surface area contributed by atoms with Gasteiger partial charge in [0.2, 0.25) is 0 Å². The first-order valence-corrected chi connectivity index (χ1v) is 9.87. The summed E-state index contributed by atoms with van der Waals surface area (Å²) in [7, 11) is 0. The Morgan fingerprint density at radius 2 is 2.00 bits per heavy atom. The van der Waals surface area contributed by atoms with E-state index in [-0.39, 0.29) is 5.69 Å². The van der Waals surface area contributed by atoms with Gasteiger partial charge in [-0.15, -0.1) is 0 Å². The first-order chi connectivity index (χ1) is 14.6. The number of imidazole rings is 1. The summed E-state index contributed by atoms with van der Waals surface area (Å²) in [5.41, 5.74) is 7.57. The number of hydrogen-bond acceptors (Lipinski definition) is 4. The molecular weight excluding hydrogens is 380 g/mol. The number of nitrogens with two attached hydrogens (primary N) is 1. The topological polar surface area (TPSA) is 95.3 Å². The normalized spacial score (nSPS) is 12.2. The van der Waals surface area contributed by atoms with Gasteiger partial charge in [0.05, 0.1) is 11.8 Å². The molecule has 2 aromatic heterocycles. The van der Waals surface area contributed by atoms with Crippen molar-refractivity contribution in [2.24, 2.45) is 5.73 Å². The fourth-order valence-corrected chi connectivity index (χ4v) is 3.41. The van der Waals surface area contributed by atoms with Crippen LogP contribution in [-0.4, -0.2) is 25.1 Å². The maximum atomic E-state index is 11.1. The smallest absolute Gasteiger partial charge is 0.268 e. The fraction of sp³-hybridized carbons (Fsp3) is 0.217. The van der Waals surface area contributed by atoms with Gasteiger partial charge in [-0.25, -0.2) is 4.98 Å². The Kier molecular flexibility index (Phi) is 5.81. The first-order valence-electron chi connectivity index (χ1n) is 9.87. The summed E-state index contributed by atoms with van der Waals surface area (Å²) in [5, 5.41) is 11.5. The Labute approximate surface area is 174 Å². The summed E-state index contributed by atoms with van der Waals surface area (Å²) < 4.78 is 9.60. The number of aliphatic hydroxyl groups excluding tert-OH is 1. The Morgan fingerprint density at radius 1 is 1.17 bits per heavy atom. The maximum Gasteiger partial charge on any atom is 0.268 e. The number of ether oxygens (including phenoxy) is 1. The highest BCUT2D eigenvalue weighted by molar-refractivity contribution is 5.90.